The van der Waals surface area contributed by atoms with Gasteiger partial charge >= 0.3 is 5.97 Å². The zero-order valence-electron chi connectivity index (χ0n) is 76.7. The van der Waals surface area contributed by atoms with Crippen LogP contribution in [0.3, 0.4) is 0 Å². The molecule has 15 atom stereocenters. The number of carbonyl (C=O) groups is 18. The summed E-state index contributed by atoms with van der Waals surface area (Å²) in [6.45, 7) is 7.18. The Kier molecular flexibility index (Phi) is 39.0. The van der Waals surface area contributed by atoms with Gasteiger partial charge in [0.2, 0.25) is 76.8 Å². The van der Waals surface area contributed by atoms with Gasteiger partial charge in [0.1, 0.15) is 77.7 Å². The lowest BCUT2D eigenvalue weighted by molar-refractivity contribution is -0.150. The van der Waals surface area contributed by atoms with Gasteiger partial charge < -0.3 is 113 Å². The number of Topliss-reactive ketones (excluding diaryl/α,β-unsaturated/α-hetero) is 4. The van der Waals surface area contributed by atoms with E-state index in [2.05, 4.69) is 57.2 Å². The number of aromatic hydroxyl groups is 1. The Hall–Kier alpha value is -12.8. The average molecular weight is 1880 g/mol. The van der Waals surface area contributed by atoms with Crippen molar-refractivity contribution in [3.63, 3.8) is 0 Å². The number of rotatable bonds is 26. The molecule has 0 bridgehead atoms. The van der Waals surface area contributed by atoms with Gasteiger partial charge in [-0.15, -0.1) is 0 Å². The number of thioether (sulfide) groups is 1. The number of aliphatic carboxylic acids is 1. The number of aliphatic hydroxyl groups excluding tert-OH is 2. The number of carbonyl (C=O) groups excluding carboxylic acids is 17. The zero-order chi connectivity index (χ0) is 97.9. The third kappa shape index (κ3) is 28.9. The van der Waals surface area contributed by atoms with Gasteiger partial charge in [-0.25, -0.2) is 4.98 Å². The Morgan fingerprint density at radius 3 is 1.78 bits per heavy atom. The Morgan fingerprint density at radius 2 is 1.19 bits per heavy atom. The molecule has 0 saturated carbocycles. The maximum Gasteiger partial charge on any atom is 0.303 e. The van der Waals surface area contributed by atoms with Gasteiger partial charge in [-0.2, -0.15) is 11.8 Å². The molecule has 726 valence electrons. The van der Waals surface area contributed by atoms with Crippen LogP contribution >= 0.6 is 11.8 Å². The maximum atomic E-state index is 15.8. The minimum absolute atomic E-state index is 0.0189. The number of likely N-dealkylation sites (N-methyl/N-ethyl adjacent to an activating group) is 2. The molecular weight excluding hydrogens is 1750 g/mol. The molecule has 18 N–H and O–H groups in total. The van der Waals surface area contributed by atoms with Gasteiger partial charge in [-0.05, 0) is 113 Å². The van der Waals surface area contributed by atoms with Crippen LogP contribution in [0.5, 0.6) is 5.75 Å². The Labute approximate surface area is 779 Å². The van der Waals surface area contributed by atoms with E-state index in [0.717, 1.165) is 36.3 Å². The average Bonchev–Trinajstić information content (AvgIpc) is 1.62. The summed E-state index contributed by atoms with van der Waals surface area (Å²) in [6.07, 6.45) is -0.512. The first kappa shape index (κ1) is 105. The molecule has 3 aliphatic rings. The molecule has 3 aromatic carbocycles. The number of H-pyrrole nitrogens is 3. The zero-order valence-corrected chi connectivity index (χ0v) is 77.6. The monoisotopic (exact) mass is 1880 g/mol. The number of nitrogens with two attached hydrogens (primary N) is 2. The number of primary amides is 1. The number of hydrogen-bond donors (Lipinski definition) is 16. The number of phenolic OH excluding ortho intramolecular Hbond substituents is 1. The van der Waals surface area contributed by atoms with Crippen molar-refractivity contribution in [3.05, 3.63) is 120 Å². The van der Waals surface area contributed by atoms with Crippen LogP contribution in [0.1, 0.15) is 160 Å². The van der Waals surface area contributed by atoms with E-state index in [1.165, 1.54) is 71.7 Å². The molecule has 3 aromatic heterocycles. The summed E-state index contributed by atoms with van der Waals surface area (Å²) in [5, 5.41) is 62.9. The van der Waals surface area contributed by atoms with Crippen LogP contribution in [-0.4, -0.2) is 308 Å². The first-order chi connectivity index (χ1) is 63.8. The molecule has 134 heavy (non-hydrogen) atoms. The SMILES string of the molecule is CCCC[C@H]1C(=O)N[C@@H](CC(C)C)C(=O)C[C@H](C(=O)CCC(C)=O)CSCC(=O)N[C@@H](Cc2ccc(O)cc2)C(=O)N(C)[C@@H](C)C(=O)C[C@@H](CC(N)=O)C(=O)N2CCC[C@H]2C(=O)N[C@@H](Cc2cnc[nH]2)C(=O)N[C@@H](CCC(=O)O)C(=O)N2C[C@H](O)C[C@H]2C(=O)N[C@@H](Cc2c[nH]c3ccccc23)C(=O)N[C@@H](CCN)C(=O)N[C@@H](Cc2c[nH]c3ccccc23)C(=O)N(CCO)[C@@H](C)C(=O)N1C. The van der Waals surface area contributed by atoms with E-state index in [4.69, 9.17) is 11.5 Å². The van der Waals surface area contributed by atoms with E-state index in [1.54, 1.807) is 74.8 Å². The maximum absolute atomic E-state index is 15.8. The molecule has 9 rings (SSSR count). The van der Waals surface area contributed by atoms with Crippen LogP contribution in [0.15, 0.2) is 97.7 Å². The number of phenols is 1. The van der Waals surface area contributed by atoms with Crippen LogP contribution in [-0.2, 0) is 112 Å². The molecule has 0 aliphatic carbocycles. The highest BCUT2D eigenvalue weighted by Gasteiger charge is 2.47. The number of aliphatic hydroxyl groups is 2. The van der Waals surface area contributed by atoms with Crippen molar-refractivity contribution in [3.8, 4) is 5.75 Å². The summed E-state index contributed by atoms with van der Waals surface area (Å²) in [4.78, 5) is 282. The van der Waals surface area contributed by atoms with Crippen molar-refractivity contribution < 1.29 is 107 Å². The number of fused-ring (bicyclic) bond motifs is 4. The second-order valence-electron chi connectivity index (χ2n) is 35.2. The summed E-state index contributed by atoms with van der Waals surface area (Å²) < 4.78 is 0. The molecule has 3 saturated heterocycles. The van der Waals surface area contributed by atoms with Crippen molar-refractivity contribution in [1.82, 2.24) is 81.7 Å². The second kappa shape index (κ2) is 49.8. The van der Waals surface area contributed by atoms with Crippen LogP contribution in [0.4, 0.5) is 0 Å². The number of carboxylic acids is 1. The number of β-amino-alcohol motifs (C(OH)–C–C–N with tert-alkyl or cyclic N) is 1. The normalized spacial score (nSPS) is 25.0. The number of nitrogens with zero attached hydrogens (tertiary/aromatic N) is 6. The summed E-state index contributed by atoms with van der Waals surface area (Å²) in [5.41, 5.74) is 14.9. The number of amides is 13. The van der Waals surface area contributed by atoms with E-state index in [0.29, 0.717) is 51.3 Å². The fourth-order valence-electron chi connectivity index (χ4n) is 17.2. The Morgan fingerprint density at radius 1 is 0.597 bits per heavy atom. The molecule has 40 nitrogen and oxygen atoms in total. The second-order valence-corrected chi connectivity index (χ2v) is 36.3. The third-order valence-corrected chi connectivity index (χ3v) is 25.9. The van der Waals surface area contributed by atoms with Crippen molar-refractivity contribution >= 4 is 139 Å². The highest BCUT2D eigenvalue weighted by molar-refractivity contribution is 7.99. The predicted molar refractivity (Wildman–Crippen MR) is 491 cm³/mol. The first-order valence-corrected chi connectivity index (χ1v) is 46.5. The number of imidazole rings is 1. The lowest BCUT2D eigenvalue weighted by Gasteiger charge is -2.36. The number of para-hydroxylation sites is 2. The van der Waals surface area contributed by atoms with Crippen LogP contribution in [0, 0.1) is 17.8 Å². The topological polar surface area (TPSA) is 601 Å². The van der Waals surface area contributed by atoms with Crippen molar-refractivity contribution in [2.24, 2.45) is 29.2 Å². The lowest BCUT2D eigenvalue weighted by atomic mass is 9.90. The highest BCUT2D eigenvalue weighted by Crippen LogP contribution is 2.30. The number of aromatic amines is 3. The lowest BCUT2D eigenvalue weighted by Crippen LogP contribution is -2.61. The standard InChI is InChI=1S/C93H126N18O22S/c1-9-10-20-74-86(126)103-69(35-51(2)3)79(118)40-59(77(116)28-22-52(4)113)48-134-49-81(120)100-72(36-55-23-25-61(114)26-24-55)91(131)107(7)53(5)78(117)39-56(41-80(95)119)90(130)110-32-15-21-75(110)87(127)105-71(42-60-46-96-50-99-60)85(125)102-68(27-29-82(121)122)92(132)111-47-62(115)43-76(111)88(128)104-70(37-57-44-97-65-18-13-11-16-63(57)65)84(124)101-67(30-31-94)83(123)106-73(38-58-45-98-66-19-14-12-17-64(58)66)93(133)109(33-34-112)54(6)89(129)108(74)8/h11-14,16-19,23-26,44-46,50-51,53-54,56,59,62,67-76,97-98,112,114-115H,9-10,15,20-22,27-43,47-49,94H2,1-8H3,(H2,95,119)(H,96,99)(H,100,120)(H,101,124)(H,102,125)(H,103,126)(H,104,128)(H,105,127)(H,106,123)(H,121,122)/t53-,54-,56-,59-,62+,67-,68-,69-,70-,71-,72-,73-,74-,75-,76-/m0/s1. The summed E-state index contributed by atoms with van der Waals surface area (Å²) in [5.74, 6) is -19.7. The quantitative estimate of drug-likeness (QED) is 0.0356. The smallest absolute Gasteiger partial charge is 0.303 e. The molecule has 6 aromatic rings. The minimum atomic E-state index is -1.83. The Bertz CT molecular complexity index is 5200. The number of nitrogens with one attached hydrogen (secondary N) is 10. The number of aromatic nitrogens is 4. The third-order valence-electron chi connectivity index (χ3n) is 24.7. The number of hydrogen-bond acceptors (Lipinski definition) is 24. The Balaban J connectivity index is 1.10. The molecule has 41 heteroatoms. The summed E-state index contributed by atoms with van der Waals surface area (Å²) >= 11 is 0.913. The predicted octanol–water partition coefficient (Wildman–Crippen LogP) is 0.739. The summed E-state index contributed by atoms with van der Waals surface area (Å²) in [6, 6.07) is 1.17. The van der Waals surface area contributed by atoms with E-state index in [-0.39, 0.29) is 113 Å². The van der Waals surface area contributed by atoms with Gasteiger partial charge in [0.05, 0.1) is 42.8 Å². The molecule has 0 spiro atoms. The van der Waals surface area contributed by atoms with Gasteiger partial charge in [0.15, 0.2) is 11.6 Å². The largest absolute Gasteiger partial charge is 0.508 e. The fraction of sp³-hybridized carbons (Fsp3) is 0.538. The minimum Gasteiger partial charge on any atom is -0.508 e. The van der Waals surface area contributed by atoms with E-state index in [9.17, 15) is 68.4 Å². The van der Waals surface area contributed by atoms with E-state index in [1.807, 2.05) is 6.92 Å². The van der Waals surface area contributed by atoms with E-state index >= 15 is 38.4 Å². The van der Waals surface area contributed by atoms with Gasteiger partial charge in [-0.3, -0.25) is 81.5 Å². The molecule has 3 aliphatic heterocycles. The molecule has 13 amide bonds. The fourth-order valence-corrected chi connectivity index (χ4v) is 18.2. The number of unbranched alkanes of at least 4 members (excludes halogenated alkanes) is 1. The number of ketones is 4. The molecule has 0 unspecified atom stereocenters. The number of carboxylic acid groups (broad SMARTS) is 1. The molecule has 0 radical (unpaired) electrons. The van der Waals surface area contributed by atoms with Crippen molar-refractivity contribution in [1.29, 1.82) is 0 Å². The van der Waals surface area contributed by atoms with Crippen molar-refractivity contribution in [2.45, 2.75) is 242 Å². The highest BCUT2D eigenvalue weighted by atomic mass is 32.2. The van der Waals surface area contributed by atoms with Crippen LogP contribution in [0.25, 0.3) is 21.8 Å². The van der Waals surface area contributed by atoms with Gasteiger partial charge in [0.25, 0.3) is 0 Å². The molecular formula is C93H126N18O22S. The first-order valence-electron chi connectivity index (χ1n) is 45.4. The van der Waals surface area contributed by atoms with E-state index < -0.39 is 255 Å². The van der Waals surface area contributed by atoms with Crippen molar-refractivity contribution in [2.75, 3.05) is 58.4 Å². The molecule has 6 heterocycles. The molecule has 3 fully saturated rings. The number of benzene rings is 3. The van der Waals surface area contributed by atoms with Crippen LogP contribution in [0.2, 0.25) is 0 Å². The summed E-state index contributed by atoms with van der Waals surface area (Å²) in [7, 11) is 2.60. The van der Waals surface area contributed by atoms with Gasteiger partial charge in [-0.1, -0.05) is 82.1 Å². The van der Waals surface area contributed by atoms with Gasteiger partial charge in [0, 0.05) is 162 Å². The van der Waals surface area contributed by atoms with Crippen LogP contribution < -0.4 is 48.7 Å².